The van der Waals surface area contributed by atoms with Crippen molar-refractivity contribution in [1.29, 1.82) is 0 Å². The molecule has 0 heterocycles. The summed E-state index contributed by atoms with van der Waals surface area (Å²) in [5.41, 5.74) is 2.37. The first-order chi connectivity index (χ1) is 16.6. The van der Waals surface area contributed by atoms with Gasteiger partial charge in [-0.15, -0.1) is 24.8 Å². The van der Waals surface area contributed by atoms with Crippen LogP contribution in [0.4, 0.5) is 0 Å². The SMILES string of the molecule is CCCN(CCCCCCNCCOc1ccccc1OC)C1CCc2cc(O)c(O)cc2C1.Cl.Cl. The van der Waals surface area contributed by atoms with E-state index in [4.69, 9.17) is 9.47 Å². The lowest BCUT2D eigenvalue weighted by molar-refractivity contribution is 0.175. The Hall–Kier alpha value is -1.86. The number of para-hydroxylation sites is 2. The van der Waals surface area contributed by atoms with Gasteiger partial charge in [0, 0.05) is 12.6 Å². The molecule has 2 aromatic rings. The van der Waals surface area contributed by atoms with E-state index < -0.39 is 0 Å². The normalized spacial score (nSPS) is 14.5. The van der Waals surface area contributed by atoms with Crippen LogP contribution in [0.25, 0.3) is 0 Å². The van der Waals surface area contributed by atoms with Gasteiger partial charge in [-0.2, -0.15) is 0 Å². The molecule has 3 rings (SSSR count). The van der Waals surface area contributed by atoms with Gasteiger partial charge in [0.25, 0.3) is 0 Å². The third-order valence-corrected chi connectivity index (χ3v) is 6.68. The zero-order chi connectivity index (χ0) is 24.2. The van der Waals surface area contributed by atoms with E-state index in [1.54, 1.807) is 19.2 Å². The predicted octanol–water partition coefficient (Wildman–Crippen LogP) is 5.75. The van der Waals surface area contributed by atoms with Crippen molar-refractivity contribution in [1.82, 2.24) is 10.2 Å². The van der Waals surface area contributed by atoms with Crippen LogP contribution in [0, 0.1) is 0 Å². The van der Waals surface area contributed by atoms with Crippen LogP contribution in [-0.4, -0.2) is 61.1 Å². The van der Waals surface area contributed by atoms with Crippen LogP contribution in [-0.2, 0) is 12.8 Å². The number of nitrogens with one attached hydrogen (secondary N) is 1. The summed E-state index contributed by atoms with van der Waals surface area (Å²) in [5, 5.41) is 23.1. The zero-order valence-corrected chi connectivity index (χ0v) is 23.3. The largest absolute Gasteiger partial charge is 0.504 e. The van der Waals surface area contributed by atoms with Gasteiger partial charge in [0.15, 0.2) is 23.0 Å². The highest BCUT2D eigenvalue weighted by Gasteiger charge is 2.24. The molecule has 0 saturated carbocycles. The lowest BCUT2D eigenvalue weighted by Crippen LogP contribution is -2.40. The first-order valence-corrected chi connectivity index (χ1v) is 12.9. The minimum Gasteiger partial charge on any atom is -0.504 e. The average Bonchev–Trinajstić information content (AvgIpc) is 2.85. The van der Waals surface area contributed by atoms with Crippen molar-refractivity contribution in [3.05, 3.63) is 47.5 Å². The van der Waals surface area contributed by atoms with E-state index in [9.17, 15) is 10.2 Å². The molecule has 3 N–H and O–H groups in total. The van der Waals surface area contributed by atoms with E-state index in [1.165, 1.54) is 36.8 Å². The Bertz CT molecular complexity index is 885. The van der Waals surface area contributed by atoms with E-state index in [1.807, 2.05) is 24.3 Å². The number of halogens is 2. The molecule has 6 nitrogen and oxygen atoms in total. The summed E-state index contributed by atoms with van der Waals surface area (Å²) < 4.78 is 11.1. The number of aromatic hydroxyl groups is 2. The predicted molar refractivity (Wildman–Crippen MR) is 152 cm³/mol. The Morgan fingerprint density at radius 3 is 2.33 bits per heavy atom. The summed E-state index contributed by atoms with van der Waals surface area (Å²) in [7, 11) is 1.66. The fourth-order valence-electron chi connectivity index (χ4n) is 4.85. The lowest BCUT2D eigenvalue weighted by atomic mass is 9.87. The third kappa shape index (κ3) is 9.89. The van der Waals surface area contributed by atoms with E-state index >= 15 is 0 Å². The van der Waals surface area contributed by atoms with Gasteiger partial charge in [0.2, 0.25) is 0 Å². The topological polar surface area (TPSA) is 74.2 Å². The van der Waals surface area contributed by atoms with E-state index in [-0.39, 0.29) is 36.3 Å². The van der Waals surface area contributed by atoms with Gasteiger partial charge in [0.1, 0.15) is 6.61 Å². The third-order valence-electron chi connectivity index (χ3n) is 6.68. The quantitative estimate of drug-likeness (QED) is 0.196. The molecular weight excluding hydrogens is 499 g/mol. The van der Waals surface area contributed by atoms with Gasteiger partial charge < -0.3 is 29.9 Å². The molecule has 0 aliphatic heterocycles. The van der Waals surface area contributed by atoms with Crippen LogP contribution in [0.5, 0.6) is 23.0 Å². The van der Waals surface area contributed by atoms with Crippen molar-refractivity contribution in [3.63, 3.8) is 0 Å². The Labute approximate surface area is 229 Å². The minimum absolute atomic E-state index is 0. The summed E-state index contributed by atoms with van der Waals surface area (Å²) in [5.74, 6) is 1.57. The van der Waals surface area contributed by atoms with Crippen molar-refractivity contribution in [2.24, 2.45) is 0 Å². The van der Waals surface area contributed by atoms with Crippen LogP contribution in [0.1, 0.15) is 56.6 Å². The van der Waals surface area contributed by atoms with Crippen molar-refractivity contribution in [2.45, 2.75) is 64.3 Å². The number of rotatable bonds is 15. The molecule has 1 aliphatic carbocycles. The molecule has 0 aromatic heterocycles. The number of aryl methyl sites for hydroxylation is 1. The van der Waals surface area contributed by atoms with E-state index in [2.05, 4.69) is 17.1 Å². The lowest BCUT2D eigenvalue weighted by Gasteiger charge is -2.35. The highest BCUT2D eigenvalue weighted by molar-refractivity contribution is 5.85. The molecule has 0 fully saturated rings. The summed E-state index contributed by atoms with van der Waals surface area (Å²) >= 11 is 0. The smallest absolute Gasteiger partial charge is 0.161 e. The summed E-state index contributed by atoms with van der Waals surface area (Å²) in [6.07, 6.45) is 9.11. The molecule has 8 heteroatoms. The molecule has 1 unspecified atom stereocenters. The van der Waals surface area contributed by atoms with Crippen molar-refractivity contribution in [3.8, 4) is 23.0 Å². The van der Waals surface area contributed by atoms with Gasteiger partial charge in [-0.1, -0.05) is 31.9 Å². The number of methoxy groups -OCH3 is 1. The van der Waals surface area contributed by atoms with Crippen LogP contribution in [0.3, 0.4) is 0 Å². The standard InChI is InChI=1S/C28H42N2O4.2ClH/c1-3-16-30(24-13-12-22-20-25(31)26(32)21-23(22)19-24)17-9-5-4-8-14-29-15-18-34-28-11-7-6-10-27(28)33-2;;/h6-7,10-11,20-21,24,29,31-32H,3-5,8-9,12-19H2,1-2H3;2*1H. The van der Waals surface area contributed by atoms with Crippen LogP contribution < -0.4 is 14.8 Å². The van der Waals surface area contributed by atoms with Gasteiger partial charge >= 0.3 is 0 Å². The fourth-order valence-corrected chi connectivity index (χ4v) is 4.85. The Morgan fingerprint density at radius 1 is 0.917 bits per heavy atom. The number of hydrogen-bond acceptors (Lipinski definition) is 6. The van der Waals surface area contributed by atoms with E-state index in [0.29, 0.717) is 12.6 Å². The molecule has 0 amide bonds. The molecule has 0 bridgehead atoms. The zero-order valence-electron chi connectivity index (χ0n) is 21.7. The summed E-state index contributed by atoms with van der Waals surface area (Å²) in [6.45, 7) is 6.99. The van der Waals surface area contributed by atoms with Gasteiger partial charge in [-0.25, -0.2) is 0 Å². The number of fused-ring (bicyclic) bond motifs is 1. The minimum atomic E-state index is 0. The van der Waals surface area contributed by atoms with Gasteiger partial charge in [-0.3, -0.25) is 0 Å². The molecule has 204 valence electrons. The Kier molecular flexibility index (Phi) is 15.7. The van der Waals surface area contributed by atoms with E-state index in [0.717, 1.165) is 63.4 Å². The number of unbranched alkanes of at least 4 members (excludes halogenated alkanes) is 3. The first-order valence-electron chi connectivity index (χ1n) is 12.9. The molecular formula is C28H44Cl2N2O4. The number of benzene rings is 2. The molecule has 0 radical (unpaired) electrons. The van der Waals surface area contributed by atoms with Crippen molar-refractivity contribution in [2.75, 3.05) is 39.9 Å². The number of hydrogen-bond donors (Lipinski definition) is 3. The second kappa shape index (κ2) is 17.6. The highest BCUT2D eigenvalue weighted by Crippen LogP contribution is 2.34. The molecule has 1 aliphatic rings. The Morgan fingerprint density at radius 2 is 1.61 bits per heavy atom. The highest BCUT2D eigenvalue weighted by atomic mass is 35.5. The van der Waals surface area contributed by atoms with Crippen molar-refractivity contribution < 1.29 is 19.7 Å². The second-order valence-corrected chi connectivity index (χ2v) is 9.21. The number of phenols is 2. The fraction of sp³-hybridized carbons (Fsp3) is 0.571. The Balaban J connectivity index is 0.00000324. The van der Waals surface area contributed by atoms with Crippen molar-refractivity contribution >= 4 is 24.8 Å². The molecule has 0 saturated heterocycles. The molecule has 1 atom stereocenters. The van der Waals surface area contributed by atoms with Gasteiger partial charge in [-0.05, 0) is 93.6 Å². The maximum atomic E-state index is 9.89. The van der Waals surface area contributed by atoms with Crippen LogP contribution in [0.15, 0.2) is 36.4 Å². The number of ether oxygens (including phenoxy) is 2. The first kappa shape index (κ1) is 32.2. The number of nitrogens with zero attached hydrogens (tertiary/aromatic N) is 1. The maximum absolute atomic E-state index is 9.89. The van der Waals surface area contributed by atoms with Gasteiger partial charge in [0.05, 0.1) is 7.11 Å². The molecule has 0 spiro atoms. The second-order valence-electron chi connectivity index (χ2n) is 9.21. The average molecular weight is 544 g/mol. The maximum Gasteiger partial charge on any atom is 0.161 e. The summed E-state index contributed by atoms with van der Waals surface area (Å²) in [4.78, 5) is 2.64. The van der Waals surface area contributed by atoms with Crippen LogP contribution >= 0.6 is 24.8 Å². The molecule has 36 heavy (non-hydrogen) atoms. The summed E-state index contributed by atoms with van der Waals surface area (Å²) in [6, 6.07) is 11.8. The molecule has 2 aromatic carbocycles. The van der Waals surface area contributed by atoms with Crippen LogP contribution in [0.2, 0.25) is 0 Å². The monoisotopic (exact) mass is 542 g/mol. The number of phenolic OH excluding ortho intramolecular Hbond substituents is 2.